The van der Waals surface area contributed by atoms with Crippen LogP contribution in [0.1, 0.15) is 28.0 Å². The van der Waals surface area contributed by atoms with Crippen molar-refractivity contribution >= 4 is 29.2 Å². The zero-order chi connectivity index (χ0) is 19.1. The number of esters is 1. The fraction of sp³-hybridized carbons (Fsp3) is 0.263. The molecule has 1 aromatic carbocycles. The van der Waals surface area contributed by atoms with Gasteiger partial charge in [-0.3, -0.25) is 9.78 Å². The number of carbonyl (C=O) groups excluding carboxylic acids is 2. The molecule has 134 valence electrons. The minimum atomic E-state index is -0.627. The lowest BCUT2D eigenvalue weighted by atomic mass is 10.2. The number of pyridine rings is 1. The summed E-state index contributed by atoms with van der Waals surface area (Å²) in [6, 6.07) is 10.4. The molecule has 0 radical (unpaired) electrons. The Hall–Kier alpha value is -2.91. The molecule has 0 saturated carbocycles. The second kappa shape index (κ2) is 8.97. The van der Waals surface area contributed by atoms with Crippen LogP contribution in [0, 0.1) is 25.2 Å². The topological polar surface area (TPSA) is 83.3 Å². The van der Waals surface area contributed by atoms with Gasteiger partial charge in [-0.2, -0.15) is 5.26 Å². The number of anilines is 1. The summed E-state index contributed by atoms with van der Waals surface area (Å²) in [5, 5.41) is 9.41. The average Bonchev–Trinajstić information content (AvgIpc) is 2.63. The van der Waals surface area contributed by atoms with Crippen LogP contribution in [0.15, 0.2) is 36.5 Å². The third-order valence-electron chi connectivity index (χ3n) is 3.68. The molecular formula is C19H18ClN3O3. The third kappa shape index (κ3) is 5.04. The predicted octanol–water partition coefficient (Wildman–Crippen LogP) is 3.46. The van der Waals surface area contributed by atoms with Gasteiger partial charge in [-0.15, -0.1) is 0 Å². The summed E-state index contributed by atoms with van der Waals surface area (Å²) in [6.45, 7) is 3.39. The van der Waals surface area contributed by atoms with E-state index in [2.05, 4.69) is 4.98 Å². The zero-order valence-electron chi connectivity index (χ0n) is 14.5. The average molecular weight is 372 g/mol. The quantitative estimate of drug-likeness (QED) is 0.726. The number of hydrogen-bond acceptors (Lipinski definition) is 5. The Labute approximate surface area is 157 Å². The fourth-order valence-corrected chi connectivity index (χ4v) is 2.35. The summed E-state index contributed by atoms with van der Waals surface area (Å²) >= 11 is 6.02. The van der Waals surface area contributed by atoms with Crippen LogP contribution in [0.2, 0.25) is 5.02 Å². The lowest BCUT2D eigenvalue weighted by Gasteiger charge is -2.22. The zero-order valence-corrected chi connectivity index (χ0v) is 15.3. The molecule has 1 aromatic heterocycles. The van der Waals surface area contributed by atoms with Crippen LogP contribution in [-0.4, -0.2) is 30.0 Å². The number of aryl methyl sites for hydroxylation is 2. The molecule has 0 aliphatic rings. The SMILES string of the molecule is Cc1ccc(C(=O)OCC(=O)N(CCC#N)c2ccc(Cl)c(C)c2)cn1. The van der Waals surface area contributed by atoms with Crippen molar-refractivity contribution in [3.8, 4) is 6.07 Å². The summed E-state index contributed by atoms with van der Waals surface area (Å²) in [5.41, 5.74) is 2.45. The number of halogens is 1. The molecule has 0 atom stereocenters. The maximum atomic E-state index is 12.5. The number of aromatic nitrogens is 1. The number of nitriles is 1. The molecule has 0 aliphatic heterocycles. The highest BCUT2D eigenvalue weighted by molar-refractivity contribution is 6.31. The van der Waals surface area contributed by atoms with E-state index in [4.69, 9.17) is 21.6 Å². The number of ether oxygens (including phenoxy) is 1. The molecule has 0 unspecified atom stereocenters. The van der Waals surface area contributed by atoms with Crippen molar-refractivity contribution in [2.75, 3.05) is 18.1 Å². The molecule has 6 nitrogen and oxygen atoms in total. The normalized spacial score (nSPS) is 10.1. The van der Waals surface area contributed by atoms with Crippen molar-refractivity contribution in [1.29, 1.82) is 5.26 Å². The predicted molar refractivity (Wildman–Crippen MR) is 98.0 cm³/mol. The highest BCUT2D eigenvalue weighted by Crippen LogP contribution is 2.23. The summed E-state index contributed by atoms with van der Waals surface area (Å²) in [5.74, 6) is -1.05. The number of rotatable bonds is 6. The van der Waals surface area contributed by atoms with E-state index in [1.165, 1.54) is 11.1 Å². The second-order valence-corrected chi connectivity index (χ2v) is 6.06. The molecule has 0 saturated heterocycles. The third-order valence-corrected chi connectivity index (χ3v) is 4.10. The van der Waals surface area contributed by atoms with Gasteiger partial charge < -0.3 is 9.64 Å². The van der Waals surface area contributed by atoms with Crippen LogP contribution >= 0.6 is 11.6 Å². The molecule has 0 spiro atoms. The smallest absolute Gasteiger partial charge is 0.340 e. The molecule has 0 bridgehead atoms. The van der Waals surface area contributed by atoms with E-state index in [9.17, 15) is 9.59 Å². The fourth-order valence-electron chi connectivity index (χ4n) is 2.23. The molecule has 1 heterocycles. The Morgan fingerprint density at radius 2 is 2.04 bits per heavy atom. The van der Waals surface area contributed by atoms with E-state index in [1.807, 2.05) is 13.0 Å². The van der Waals surface area contributed by atoms with Gasteiger partial charge >= 0.3 is 5.97 Å². The number of nitrogens with zero attached hydrogens (tertiary/aromatic N) is 3. The van der Waals surface area contributed by atoms with Gasteiger partial charge in [0.15, 0.2) is 6.61 Å². The Kier molecular flexibility index (Phi) is 6.70. The first kappa shape index (κ1) is 19.4. The molecule has 0 aliphatic carbocycles. The molecule has 2 rings (SSSR count). The summed E-state index contributed by atoms with van der Waals surface area (Å²) in [7, 11) is 0. The first-order valence-corrected chi connectivity index (χ1v) is 8.33. The van der Waals surface area contributed by atoms with Crippen LogP contribution in [0.25, 0.3) is 0 Å². The van der Waals surface area contributed by atoms with Crippen molar-refractivity contribution in [1.82, 2.24) is 4.98 Å². The van der Waals surface area contributed by atoms with E-state index >= 15 is 0 Å². The van der Waals surface area contributed by atoms with Crippen molar-refractivity contribution in [3.05, 3.63) is 58.4 Å². The first-order chi connectivity index (χ1) is 12.4. The summed E-state index contributed by atoms with van der Waals surface area (Å²) < 4.78 is 5.09. The molecule has 26 heavy (non-hydrogen) atoms. The van der Waals surface area contributed by atoms with Gasteiger partial charge in [0.2, 0.25) is 0 Å². The van der Waals surface area contributed by atoms with E-state index in [1.54, 1.807) is 37.3 Å². The monoisotopic (exact) mass is 371 g/mol. The molecule has 1 amide bonds. The number of carbonyl (C=O) groups is 2. The van der Waals surface area contributed by atoms with Gasteiger partial charge in [0.05, 0.1) is 18.1 Å². The minimum Gasteiger partial charge on any atom is -0.452 e. The van der Waals surface area contributed by atoms with Gasteiger partial charge in [-0.05, 0) is 49.7 Å². The van der Waals surface area contributed by atoms with Gasteiger partial charge in [0.25, 0.3) is 5.91 Å². The van der Waals surface area contributed by atoms with E-state index in [0.29, 0.717) is 10.7 Å². The van der Waals surface area contributed by atoms with E-state index < -0.39 is 18.5 Å². The standard InChI is InChI=1S/C19H18ClN3O3/c1-13-10-16(6-7-17(13)20)23(9-3-8-21)18(24)12-26-19(25)15-5-4-14(2)22-11-15/h4-7,10-11H,3,9,12H2,1-2H3. The van der Waals surface area contributed by atoms with Gasteiger partial charge in [0, 0.05) is 29.1 Å². The maximum absolute atomic E-state index is 12.5. The molecule has 0 fully saturated rings. The van der Waals surface area contributed by atoms with Crippen LogP contribution in [-0.2, 0) is 9.53 Å². The van der Waals surface area contributed by atoms with Crippen molar-refractivity contribution < 1.29 is 14.3 Å². The Bertz CT molecular complexity index is 844. The largest absolute Gasteiger partial charge is 0.452 e. The Balaban J connectivity index is 2.08. The molecule has 0 N–H and O–H groups in total. The van der Waals surface area contributed by atoms with Crippen LogP contribution in [0.4, 0.5) is 5.69 Å². The van der Waals surface area contributed by atoms with Crippen LogP contribution in [0.3, 0.4) is 0 Å². The van der Waals surface area contributed by atoms with Crippen LogP contribution in [0.5, 0.6) is 0 Å². The summed E-state index contributed by atoms with van der Waals surface area (Å²) in [4.78, 5) is 30.0. The minimum absolute atomic E-state index is 0.156. The number of hydrogen-bond donors (Lipinski definition) is 0. The van der Waals surface area contributed by atoms with E-state index in [-0.39, 0.29) is 18.5 Å². The summed E-state index contributed by atoms with van der Waals surface area (Å²) in [6.07, 6.45) is 1.56. The Morgan fingerprint density at radius 3 is 2.65 bits per heavy atom. The van der Waals surface area contributed by atoms with Crippen LogP contribution < -0.4 is 4.90 Å². The lowest BCUT2D eigenvalue weighted by molar-refractivity contribution is -0.121. The van der Waals surface area contributed by atoms with Gasteiger partial charge in [0.1, 0.15) is 0 Å². The highest BCUT2D eigenvalue weighted by atomic mass is 35.5. The highest BCUT2D eigenvalue weighted by Gasteiger charge is 2.19. The Morgan fingerprint density at radius 1 is 1.27 bits per heavy atom. The number of amides is 1. The van der Waals surface area contributed by atoms with Crippen molar-refractivity contribution in [2.24, 2.45) is 0 Å². The molecule has 2 aromatic rings. The molecular weight excluding hydrogens is 354 g/mol. The number of benzene rings is 1. The van der Waals surface area contributed by atoms with Crippen molar-refractivity contribution in [3.63, 3.8) is 0 Å². The van der Waals surface area contributed by atoms with E-state index in [0.717, 1.165) is 11.3 Å². The van der Waals surface area contributed by atoms with Gasteiger partial charge in [-0.25, -0.2) is 4.79 Å². The maximum Gasteiger partial charge on any atom is 0.340 e. The second-order valence-electron chi connectivity index (χ2n) is 5.65. The van der Waals surface area contributed by atoms with Gasteiger partial charge in [-0.1, -0.05) is 11.6 Å². The lowest BCUT2D eigenvalue weighted by Crippen LogP contribution is -2.35. The first-order valence-electron chi connectivity index (χ1n) is 7.95. The molecule has 7 heteroatoms. The van der Waals surface area contributed by atoms with Crippen molar-refractivity contribution in [2.45, 2.75) is 20.3 Å².